The van der Waals surface area contributed by atoms with Crippen LogP contribution in [0.15, 0.2) is 34.1 Å². The van der Waals surface area contributed by atoms with E-state index in [4.69, 9.17) is 20.3 Å². The maximum absolute atomic E-state index is 7.46. The fraction of sp³-hybridized carbons (Fsp3) is 0.231. The molecule has 0 saturated carbocycles. The monoisotopic (exact) mass is 277 g/mol. The number of aryl methyl sites for hydroxylation is 1. The van der Waals surface area contributed by atoms with E-state index in [2.05, 4.69) is 4.98 Å². The first-order valence-corrected chi connectivity index (χ1v) is 6.65. The van der Waals surface area contributed by atoms with Crippen LogP contribution < -0.4 is 10.5 Å². The molecule has 0 bridgehead atoms. The van der Waals surface area contributed by atoms with E-state index in [1.54, 1.807) is 19.4 Å². The minimum Gasteiger partial charge on any atom is -0.496 e. The van der Waals surface area contributed by atoms with Crippen molar-refractivity contribution in [3.05, 3.63) is 41.3 Å². The Labute approximate surface area is 115 Å². The molecule has 100 valence electrons. The SMILES string of the molecule is COc1cc(CSc2nc(C)co2)ccc1C(=N)N. The number of thioether (sulfide) groups is 1. The summed E-state index contributed by atoms with van der Waals surface area (Å²) in [6, 6.07) is 5.58. The van der Waals surface area contributed by atoms with Crippen LogP contribution in [0.1, 0.15) is 16.8 Å². The zero-order valence-electron chi connectivity index (χ0n) is 10.8. The van der Waals surface area contributed by atoms with E-state index >= 15 is 0 Å². The first kappa shape index (κ1) is 13.5. The maximum atomic E-state index is 7.46. The normalized spacial score (nSPS) is 10.4. The molecule has 2 aromatic rings. The lowest BCUT2D eigenvalue weighted by atomic mass is 10.1. The Morgan fingerprint density at radius 1 is 1.53 bits per heavy atom. The Hall–Kier alpha value is -1.95. The van der Waals surface area contributed by atoms with Crippen molar-refractivity contribution in [1.82, 2.24) is 4.98 Å². The molecule has 3 N–H and O–H groups in total. The first-order chi connectivity index (χ1) is 9.10. The lowest BCUT2D eigenvalue weighted by molar-refractivity contribution is 0.413. The molecule has 1 aromatic heterocycles. The predicted molar refractivity (Wildman–Crippen MR) is 74.8 cm³/mol. The van der Waals surface area contributed by atoms with Gasteiger partial charge in [-0.1, -0.05) is 17.8 Å². The van der Waals surface area contributed by atoms with Gasteiger partial charge in [0.1, 0.15) is 17.8 Å². The number of amidine groups is 1. The molecule has 5 nitrogen and oxygen atoms in total. The molecular weight excluding hydrogens is 262 g/mol. The lowest BCUT2D eigenvalue weighted by Crippen LogP contribution is -2.12. The van der Waals surface area contributed by atoms with Crippen molar-refractivity contribution in [3.63, 3.8) is 0 Å². The lowest BCUT2D eigenvalue weighted by Gasteiger charge is -2.08. The number of nitrogens with one attached hydrogen (secondary N) is 1. The predicted octanol–water partition coefficient (Wildman–Crippen LogP) is 2.57. The quantitative estimate of drug-likeness (QED) is 0.498. The zero-order chi connectivity index (χ0) is 13.8. The first-order valence-electron chi connectivity index (χ1n) is 5.66. The Morgan fingerprint density at radius 2 is 2.32 bits per heavy atom. The standard InChI is InChI=1S/C13H15N3O2S/c1-8-6-18-13(16-8)19-7-9-3-4-10(12(14)15)11(5-9)17-2/h3-6H,7H2,1-2H3,(H3,14,15). The number of aromatic nitrogens is 1. The van der Waals surface area contributed by atoms with Crippen molar-refractivity contribution < 1.29 is 9.15 Å². The molecule has 0 aliphatic carbocycles. The highest BCUT2D eigenvalue weighted by molar-refractivity contribution is 7.98. The van der Waals surface area contributed by atoms with Crippen LogP contribution in [0.4, 0.5) is 0 Å². The van der Waals surface area contributed by atoms with Crippen molar-refractivity contribution in [3.8, 4) is 5.75 Å². The van der Waals surface area contributed by atoms with E-state index in [0.29, 0.717) is 22.3 Å². The van der Waals surface area contributed by atoms with E-state index in [1.807, 2.05) is 19.1 Å². The second-order valence-electron chi connectivity index (χ2n) is 3.99. The van der Waals surface area contributed by atoms with Gasteiger partial charge in [0.25, 0.3) is 5.22 Å². The van der Waals surface area contributed by atoms with Crippen LogP contribution in [-0.4, -0.2) is 17.9 Å². The third-order valence-corrected chi connectivity index (χ3v) is 3.43. The molecular formula is C13H15N3O2S. The van der Waals surface area contributed by atoms with E-state index in [1.165, 1.54) is 11.8 Å². The molecule has 1 heterocycles. The molecule has 0 aliphatic heterocycles. The highest BCUT2D eigenvalue weighted by Crippen LogP contribution is 2.26. The second-order valence-corrected chi connectivity index (χ2v) is 4.92. The number of nitrogen functional groups attached to an aromatic ring is 1. The van der Waals surface area contributed by atoms with Crippen LogP contribution in [0.5, 0.6) is 5.75 Å². The van der Waals surface area contributed by atoms with Crippen LogP contribution in [0.25, 0.3) is 0 Å². The van der Waals surface area contributed by atoms with Gasteiger partial charge in [0.15, 0.2) is 0 Å². The van der Waals surface area contributed by atoms with Gasteiger partial charge in [0, 0.05) is 5.75 Å². The van der Waals surface area contributed by atoms with E-state index < -0.39 is 0 Å². The van der Waals surface area contributed by atoms with Gasteiger partial charge < -0.3 is 14.9 Å². The van der Waals surface area contributed by atoms with E-state index in [0.717, 1.165) is 11.3 Å². The van der Waals surface area contributed by atoms with Crippen molar-refractivity contribution >= 4 is 17.6 Å². The molecule has 1 aromatic carbocycles. The summed E-state index contributed by atoms with van der Waals surface area (Å²) in [5.41, 5.74) is 8.01. The van der Waals surface area contributed by atoms with Gasteiger partial charge in [-0.15, -0.1) is 0 Å². The van der Waals surface area contributed by atoms with Crippen LogP contribution in [0, 0.1) is 12.3 Å². The fourth-order valence-electron chi connectivity index (χ4n) is 1.59. The minimum atomic E-state index is -0.000575. The number of nitrogens with zero attached hydrogens (tertiary/aromatic N) is 1. The van der Waals surface area contributed by atoms with Gasteiger partial charge in [0.2, 0.25) is 0 Å². The molecule has 6 heteroatoms. The zero-order valence-corrected chi connectivity index (χ0v) is 11.6. The van der Waals surface area contributed by atoms with E-state index in [9.17, 15) is 0 Å². The summed E-state index contributed by atoms with van der Waals surface area (Å²) in [4.78, 5) is 4.23. The maximum Gasteiger partial charge on any atom is 0.256 e. The average Bonchev–Trinajstić information content (AvgIpc) is 2.81. The Balaban J connectivity index is 2.11. The summed E-state index contributed by atoms with van der Waals surface area (Å²) < 4.78 is 10.5. The molecule has 19 heavy (non-hydrogen) atoms. The van der Waals surface area contributed by atoms with Crippen LogP contribution in [0.2, 0.25) is 0 Å². The Bertz CT molecular complexity index is 595. The number of benzene rings is 1. The summed E-state index contributed by atoms with van der Waals surface area (Å²) in [5, 5.41) is 8.10. The van der Waals surface area contributed by atoms with Gasteiger partial charge in [-0.05, 0) is 24.6 Å². The largest absolute Gasteiger partial charge is 0.496 e. The van der Waals surface area contributed by atoms with Crippen molar-refractivity contribution in [2.24, 2.45) is 5.73 Å². The third-order valence-electron chi connectivity index (χ3n) is 2.52. The number of ether oxygens (including phenoxy) is 1. The van der Waals surface area contributed by atoms with Crippen molar-refractivity contribution in [2.75, 3.05) is 7.11 Å². The summed E-state index contributed by atoms with van der Waals surface area (Å²) >= 11 is 1.51. The summed E-state index contributed by atoms with van der Waals surface area (Å²) in [7, 11) is 1.57. The molecule has 0 atom stereocenters. The van der Waals surface area contributed by atoms with Crippen molar-refractivity contribution in [1.29, 1.82) is 5.41 Å². The number of methoxy groups -OCH3 is 1. The highest BCUT2D eigenvalue weighted by Gasteiger charge is 2.08. The Morgan fingerprint density at radius 3 is 2.89 bits per heavy atom. The third kappa shape index (κ3) is 3.29. The molecule has 2 rings (SSSR count). The van der Waals surface area contributed by atoms with Gasteiger partial charge in [-0.25, -0.2) is 4.98 Å². The summed E-state index contributed by atoms with van der Waals surface area (Å²) in [5.74, 6) is 1.32. The van der Waals surface area contributed by atoms with Crippen LogP contribution >= 0.6 is 11.8 Å². The number of nitrogens with two attached hydrogens (primary N) is 1. The molecule has 0 saturated heterocycles. The van der Waals surface area contributed by atoms with E-state index in [-0.39, 0.29) is 5.84 Å². The fourth-order valence-corrected chi connectivity index (χ4v) is 2.39. The smallest absolute Gasteiger partial charge is 0.256 e. The second kappa shape index (κ2) is 5.79. The molecule has 0 fully saturated rings. The van der Waals surface area contributed by atoms with Gasteiger partial charge in [0.05, 0.1) is 18.4 Å². The number of oxazole rings is 1. The van der Waals surface area contributed by atoms with Crippen molar-refractivity contribution in [2.45, 2.75) is 17.9 Å². The molecule has 0 radical (unpaired) electrons. The topological polar surface area (TPSA) is 85.1 Å². The van der Waals surface area contributed by atoms with Gasteiger partial charge >= 0.3 is 0 Å². The summed E-state index contributed by atoms with van der Waals surface area (Å²) in [6.45, 7) is 1.89. The molecule has 0 spiro atoms. The summed E-state index contributed by atoms with van der Waals surface area (Å²) in [6.07, 6.45) is 1.63. The number of hydrogen-bond donors (Lipinski definition) is 2. The van der Waals surface area contributed by atoms with Gasteiger partial charge in [-0.3, -0.25) is 5.41 Å². The number of rotatable bonds is 5. The van der Waals surface area contributed by atoms with Crippen LogP contribution in [0.3, 0.4) is 0 Å². The van der Waals surface area contributed by atoms with Crippen LogP contribution in [-0.2, 0) is 5.75 Å². The molecule has 0 amide bonds. The Kier molecular flexibility index (Phi) is 4.11. The average molecular weight is 277 g/mol. The highest BCUT2D eigenvalue weighted by atomic mass is 32.2. The van der Waals surface area contributed by atoms with Gasteiger partial charge in [-0.2, -0.15) is 0 Å². The number of hydrogen-bond acceptors (Lipinski definition) is 5. The minimum absolute atomic E-state index is 0.000575. The molecule has 0 aliphatic rings. The molecule has 0 unspecified atom stereocenters.